The molecule has 0 aliphatic rings. The Bertz CT molecular complexity index is 798. The molecule has 0 spiro atoms. The summed E-state index contributed by atoms with van der Waals surface area (Å²) in [4.78, 5) is 11.2. The second-order valence-electron chi connectivity index (χ2n) is 4.35. The first-order valence-corrected chi connectivity index (χ1v) is 6.26. The molecule has 0 unspecified atom stereocenters. The fourth-order valence-electron chi connectivity index (χ4n) is 2.53. The molecule has 1 aromatic carbocycles. The number of carboxylic acid groups (broad SMARTS) is 1. The highest BCUT2D eigenvalue weighted by atomic mass is 79.9. The Kier molecular flexibility index (Phi) is 2.28. The van der Waals surface area contributed by atoms with E-state index in [0.29, 0.717) is 5.69 Å². The van der Waals surface area contributed by atoms with Gasteiger partial charge in [-0.2, -0.15) is 0 Å². The van der Waals surface area contributed by atoms with E-state index in [9.17, 15) is 4.79 Å². The summed E-state index contributed by atoms with van der Waals surface area (Å²) in [6.07, 6.45) is 0. The Morgan fingerprint density at radius 1 is 1.17 bits per heavy atom. The minimum atomic E-state index is -0.904. The molecule has 92 valence electrons. The molecule has 0 amide bonds. The maximum absolute atomic E-state index is 11.2. The van der Waals surface area contributed by atoms with Gasteiger partial charge in [-0.1, -0.05) is 22.0 Å². The molecule has 0 saturated carbocycles. The number of hydrogen-bond donors (Lipinski definition) is 1. The SMILES string of the molecule is Cn1c(C(=O)O)cc2c3ccc(Br)cc3n(C)c21. The number of rotatable bonds is 1. The van der Waals surface area contributed by atoms with Crippen LogP contribution in [0.5, 0.6) is 0 Å². The molecule has 0 bridgehead atoms. The third-order valence-electron chi connectivity index (χ3n) is 3.35. The molecule has 3 rings (SSSR count). The van der Waals surface area contributed by atoms with Gasteiger partial charge in [0, 0.05) is 29.3 Å². The van der Waals surface area contributed by atoms with Crippen LogP contribution in [0.15, 0.2) is 28.7 Å². The molecule has 0 radical (unpaired) electrons. The summed E-state index contributed by atoms with van der Waals surface area (Å²) in [5, 5.41) is 11.2. The standard InChI is InChI=1S/C13H11BrN2O2/c1-15-10-5-7(14)3-4-8(10)9-6-11(13(17)18)16(2)12(9)15/h3-6H,1-2H3,(H,17,18). The predicted octanol–water partition coefficient (Wildman–Crippen LogP) is 3.13. The fraction of sp³-hybridized carbons (Fsp3) is 0.154. The van der Waals surface area contributed by atoms with Gasteiger partial charge in [0.15, 0.2) is 0 Å². The lowest BCUT2D eigenvalue weighted by atomic mass is 10.2. The molecular weight excluding hydrogens is 296 g/mol. The molecular formula is C13H11BrN2O2. The average molecular weight is 307 g/mol. The number of aromatic nitrogens is 2. The van der Waals surface area contributed by atoms with Gasteiger partial charge in [-0.3, -0.25) is 0 Å². The van der Waals surface area contributed by atoms with E-state index in [1.807, 2.05) is 29.8 Å². The molecule has 1 N–H and O–H groups in total. The van der Waals surface area contributed by atoms with Crippen molar-refractivity contribution in [1.29, 1.82) is 0 Å². The number of aryl methyl sites for hydroxylation is 2. The van der Waals surface area contributed by atoms with Crippen molar-refractivity contribution in [2.75, 3.05) is 0 Å². The molecule has 18 heavy (non-hydrogen) atoms. The van der Waals surface area contributed by atoms with Crippen LogP contribution in [0.2, 0.25) is 0 Å². The van der Waals surface area contributed by atoms with Crippen LogP contribution in [0, 0.1) is 0 Å². The zero-order chi connectivity index (χ0) is 13.0. The number of nitrogens with zero attached hydrogens (tertiary/aromatic N) is 2. The van der Waals surface area contributed by atoms with Crippen molar-refractivity contribution in [3.63, 3.8) is 0 Å². The van der Waals surface area contributed by atoms with Crippen LogP contribution < -0.4 is 0 Å². The maximum Gasteiger partial charge on any atom is 0.352 e. The molecule has 4 nitrogen and oxygen atoms in total. The molecule has 0 fully saturated rings. The Morgan fingerprint density at radius 2 is 1.89 bits per heavy atom. The van der Waals surface area contributed by atoms with Crippen LogP contribution in [0.1, 0.15) is 10.5 Å². The molecule has 5 heteroatoms. The average Bonchev–Trinajstić information content (AvgIpc) is 2.78. The zero-order valence-electron chi connectivity index (χ0n) is 9.94. The Balaban J connectivity index is 2.53. The van der Waals surface area contributed by atoms with E-state index >= 15 is 0 Å². The van der Waals surface area contributed by atoms with Crippen LogP contribution in [-0.2, 0) is 14.1 Å². The smallest absolute Gasteiger partial charge is 0.352 e. The summed E-state index contributed by atoms with van der Waals surface area (Å²) in [6, 6.07) is 7.74. The highest BCUT2D eigenvalue weighted by Gasteiger charge is 2.18. The molecule has 2 heterocycles. The lowest BCUT2D eigenvalue weighted by Gasteiger charge is -2.03. The summed E-state index contributed by atoms with van der Waals surface area (Å²) < 4.78 is 4.74. The first-order valence-electron chi connectivity index (χ1n) is 5.47. The van der Waals surface area contributed by atoms with Gasteiger partial charge in [0.2, 0.25) is 0 Å². The fourth-order valence-corrected chi connectivity index (χ4v) is 2.88. The van der Waals surface area contributed by atoms with Crippen molar-refractivity contribution >= 4 is 43.8 Å². The van der Waals surface area contributed by atoms with Crippen LogP contribution in [0.3, 0.4) is 0 Å². The number of aromatic carboxylic acids is 1. The van der Waals surface area contributed by atoms with Crippen LogP contribution in [0.4, 0.5) is 0 Å². The summed E-state index contributed by atoms with van der Waals surface area (Å²) in [7, 11) is 3.72. The van der Waals surface area contributed by atoms with Crippen molar-refractivity contribution in [3.8, 4) is 0 Å². The van der Waals surface area contributed by atoms with Crippen LogP contribution in [-0.4, -0.2) is 20.2 Å². The van der Waals surface area contributed by atoms with Gasteiger partial charge in [-0.25, -0.2) is 4.79 Å². The van der Waals surface area contributed by atoms with E-state index in [1.54, 1.807) is 17.7 Å². The van der Waals surface area contributed by atoms with E-state index in [1.165, 1.54) is 0 Å². The third-order valence-corrected chi connectivity index (χ3v) is 3.84. The van der Waals surface area contributed by atoms with Gasteiger partial charge in [-0.05, 0) is 18.2 Å². The number of hydrogen-bond acceptors (Lipinski definition) is 1. The lowest BCUT2D eigenvalue weighted by molar-refractivity contribution is 0.0687. The van der Waals surface area contributed by atoms with Crippen molar-refractivity contribution in [3.05, 3.63) is 34.4 Å². The van der Waals surface area contributed by atoms with E-state index in [0.717, 1.165) is 26.4 Å². The highest BCUT2D eigenvalue weighted by Crippen LogP contribution is 2.31. The van der Waals surface area contributed by atoms with Crippen LogP contribution >= 0.6 is 15.9 Å². The lowest BCUT2D eigenvalue weighted by Crippen LogP contribution is -2.05. The largest absolute Gasteiger partial charge is 0.477 e. The van der Waals surface area contributed by atoms with E-state index < -0.39 is 5.97 Å². The summed E-state index contributed by atoms with van der Waals surface area (Å²) in [5.74, 6) is -0.904. The van der Waals surface area contributed by atoms with Crippen molar-refractivity contribution in [1.82, 2.24) is 9.13 Å². The monoisotopic (exact) mass is 306 g/mol. The number of benzene rings is 1. The maximum atomic E-state index is 11.2. The van der Waals surface area contributed by atoms with Crippen molar-refractivity contribution in [2.24, 2.45) is 14.1 Å². The Hall–Kier alpha value is -1.75. The second-order valence-corrected chi connectivity index (χ2v) is 5.27. The van der Waals surface area contributed by atoms with Gasteiger partial charge in [0.25, 0.3) is 0 Å². The molecule has 3 aromatic rings. The van der Waals surface area contributed by atoms with Crippen molar-refractivity contribution < 1.29 is 9.90 Å². The normalized spacial score (nSPS) is 11.5. The van der Waals surface area contributed by atoms with Gasteiger partial charge >= 0.3 is 5.97 Å². The summed E-state index contributed by atoms with van der Waals surface area (Å²) >= 11 is 3.45. The first kappa shape index (κ1) is 11.3. The number of carboxylic acids is 1. The summed E-state index contributed by atoms with van der Waals surface area (Å²) in [6.45, 7) is 0. The topological polar surface area (TPSA) is 47.2 Å². The van der Waals surface area contributed by atoms with Crippen molar-refractivity contribution in [2.45, 2.75) is 0 Å². The minimum Gasteiger partial charge on any atom is -0.477 e. The minimum absolute atomic E-state index is 0.306. The van der Waals surface area contributed by atoms with Gasteiger partial charge in [0.05, 0.1) is 5.52 Å². The quantitative estimate of drug-likeness (QED) is 0.751. The number of fused-ring (bicyclic) bond motifs is 3. The van der Waals surface area contributed by atoms with Gasteiger partial charge < -0.3 is 14.2 Å². The Labute approximate surface area is 112 Å². The highest BCUT2D eigenvalue weighted by molar-refractivity contribution is 9.10. The summed E-state index contributed by atoms with van der Waals surface area (Å²) in [5.41, 5.74) is 2.31. The first-order chi connectivity index (χ1) is 8.50. The molecule has 0 atom stereocenters. The Morgan fingerprint density at radius 3 is 2.56 bits per heavy atom. The molecule has 2 aromatic heterocycles. The van der Waals surface area contributed by atoms with Gasteiger partial charge in [-0.15, -0.1) is 0 Å². The number of carbonyl (C=O) groups is 1. The van der Waals surface area contributed by atoms with Gasteiger partial charge in [0.1, 0.15) is 11.3 Å². The third kappa shape index (κ3) is 1.34. The number of halogens is 1. The predicted molar refractivity (Wildman–Crippen MR) is 74.1 cm³/mol. The molecule has 0 saturated heterocycles. The second kappa shape index (κ2) is 3.62. The molecule has 0 aliphatic heterocycles. The van der Waals surface area contributed by atoms with E-state index in [-0.39, 0.29) is 0 Å². The van der Waals surface area contributed by atoms with E-state index in [4.69, 9.17) is 5.11 Å². The zero-order valence-corrected chi connectivity index (χ0v) is 11.5. The van der Waals surface area contributed by atoms with Crippen LogP contribution in [0.25, 0.3) is 21.9 Å². The van der Waals surface area contributed by atoms with E-state index in [2.05, 4.69) is 15.9 Å². The molecule has 0 aliphatic carbocycles.